The van der Waals surface area contributed by atoms with E-state index in [-0.39, 0.29) is 5.95 Å². The lowest BCUT2D eigenvalue weighted by Gasteiger charge is -2.28. The molecule has 0 radical (unpaired) electrons. The van der Waals surface area contributed by atoms with Gasteiger partial charge in [-0.25, -0.2) is 19.9 Å². The molecule has 10 nitrogen and oxygen atoms in total. The van der Waals surface area contributed by atoms with E-state index in [0.717, 1.165) is 45.1 Å². The number of benzene rings is 1. The highest BCUT2D eigenvalue weighted by molar-refractivity contribution is 7.61. The van der Waals surface area contributed by atoms with Crippen LogP contribution in [-0.4, -0.2) is 54.7 Å². The zero-order chi connectivity index (χ0) is 22.9. The van der Waals surface area contributed by atoms with Crippen molar-refractivity contribution in [1.82, 2.24) is 19.9 Å². The van der Waals surface area contributed by atoms with Crippen LogP contribution < -0.4 is 10.6 Å². The van der Waals surface area contributed by atoms with E-state index in [1.54, 1.807) is 41.9 Å². The van der Waals surface area contributed by atoms with E-state index < -0.39 is 10.5 Å². The first kappa shape index (κ1) is 21.4. The third-order valence-corrected chi connectivity index (χ3v) is 6.96. The molecule has 1 saturated heterocycles. The Bertz CT molecular complexity index is 1470. The summed E-state index contributed by atoms with van der Waals surface area (Å²) in [7, 11) is -2.52. The van der Waals surface area contributed by atoms with Crippen LogP contribution in [0.4, 0.5) is 17.5 Å². The van der Waals surface area contributed by atoms with Crippen molar-refractivity contribution in [3.63, 3.8) is 0 Å². The maximum absolute atomic E-state index is 11.0. The molecule has 5 rings (SSSR count). The summed E-state index contributed by atoms with van der Waals surface area (Å²) in [5, 5.41) is 0. The number of nitrogen functional groups attached to an aromatic ring is 1. The number of aromatic nitrogens is 4. The predicted molar refractivity (Wildman–Crippen MR) is 127 cm³/mol. The molecule has 2 N–H and O–H groups in total. The number of hydrogen-bond acceptors (Lipinski definition) is 11. The second-order valence-electron chi connectivity index (χ2n) is 7.39. The number of morpholine rings is 1. The van der Waals surface area contributed by atoms with Crippen LogP contribution in [0.2, 0.25) is 0 Å². The molecule has 3 aromatic heterocycles. The lowest BCUT2D eigenvalue weighted by atomic mass is 10.1. The number of nitrogens with zero attached hydrogens (tertiary/aromatic N) is 6. The van der Waals surface area contributed by atoms with Crippen molar-refractivity contribution in [2.75, 3.05) is 36.9 Å². The van der Waals surface area contributed by atoms with Crippen LogP contribution in [0, 0.1) is 6.92 Å². The van der Waals surface area contributed by atoms with Crippen molar-refractivity contribution in [3.8, 4) is 21.8 Å². The molecule has 0 bridgehead atoms. The average Bonchev–Trinajstić information content (AvgIpc) is 3.16. The average molecular weight is 482 g/mol. The van der Waals surface area contributed by atoms with Crippen LogP contribution in [-0.2, 0) is 15.2 Å². The van der Waals surface area contributed by atoms with Crippen molar-refractivity contribution in [2.24, 2.45) is 4.36 Å². The van der Waals surface area contributed by atoms with E-state index in [1.165, 1.54) is 0 Å². The van der Waals surface area contributed by atoms with Gasteiger partial charge in [-0.05, 0) is 30.2 Å². The van der Waals surface area contributed by atoms with Crippen LogP contribution in [0.15, 0.2) is 41.0 Å². The Kier molecular flexibility index (Phi) is 5.70. The summed E-state index contributed by atoms with van der Waals surface area (Å²) in [5.74, 6) is 1.53. The molecule has 0 atom stereocenters. The fourth-order valence-corrected chi connectivity index (χ4v) is 5.26. The SMILES string of the molecule is Cc1c(-c2cccc(N=S(=O)=O)c2)sc2c(N3CCOCC3)nc(-c3cnc(N)nc3)nc12. The smallest absolute Gasteiger partial charge is 0.316 e. The molecule has 1 aromatic carbocycles. The number of ether oxygens (including phenoxy) is 1. The largest absolute Gasteiger partial charge is 0.378 e. The summed E-state index contributed by atoms with van der Waals surface area (Å²) in [6, 6.07) is 7.13. The Morgan fingerprint density at radius 2 is 1.88 bits per heavy atom. The number of rotatable bonds is 4. The first-order valence-corrected chi connectivity index (χ1v) is 12.0. The summed E-state index contributed by atoms with van der Waals surface area (Å²) >= 11 is 1.58. The summed E-state index contributed by atoms with van der Waals surface area (Å²) in [4.78, 5) is 21.1. The number of hydrogen-bond donors (Lipinski definition) is 1. The molecule has 33 heavy (non-hydrogen) atoms. The third-order valence-electron chi connectivity index (χ3n) is 5.28. The van der Waals surface area contributed by atoms with E-state index in [0.29, 0.717) is 30.3 Å². The topological polar surface area (TPSA) is 137 Å². The van der Waals surface area contributed by atoms with Gasteiger partial charge in [0.15, 0.2) is 11.6 Å². The van der Waals surface area contributed by atoms with Gasteiger partial charge in [-0.3, -0.25) is 0 Å². The van der Waals surface area contributed by atoms with Crippen LogP contribution in [0.25, 0.3) is 32.0 Å². The molecule has 0 saturated carbocycles. The van der Waals surface area contributed by atoms with Crippen molar-refractivity contribution < 1.29 is 13.2 Å². The number of anilines is 2. The second kappa shape index (κ2) is 8.81. The second-order valence-corrected chi connectivity index (χ2v) is 9.03. The lowest BCUT2D eigenvalue weighted by Crippen LogP contribution is -2.36. The molecule has 1 fully saturated rings. The van der Waals surface area contributed by atoms with Gasteiger partial charge in [0.1, 0.15) is 0 Å². The summed E-state index contributed by atoms with van der Waals surface area (Å²) < 4.78 is 32.2. The lowest BCUT2D eigenvalue weighted by molar-refractivity contribution is 0.122. The maximum Gasteiger partial charge on any atom is 0.316 e. The zero-order valence-corrected chi connectivity index (χ0v) is 19.2. The minimum absolute atomic E-state index is 0.187. The van der Waals surface area contributed by atoms with Gasteiger partial charge in [0.25, 0.3) is 0 Å². The summed E-state index contributed by atoms with van der Waals surface area (Å²) in [6.45, 7) is 4.69. The first-order chi connectivity index (χ1) is 16.0. The molecule has 12 heteroatoms. The Balaban J connectivity index is 1.71. The molecule has 4 aromatic rings. The Morgan fingerprint density at radius 3 is 2.61 bits per heavy atom. The molecule has 0 amide bonds. The van der Waals surface area contributed by atoms with Crippen molar-refractivity contribution in [3.05, 3.63) is 42.2 Å². The number of aryl methyl sites for hydroxylation is 1. The highest BCUT2D eigenvalue weighted by Crippen LogP contribution is 2.42. The monoisotopic (exact) mass is 481 g/mol. The predicted octanol–water partition coefficient (Wildman–Crippen LogP) is 3.24. The number of nitrogens with two attached hydrogens (primary N) is 1. The van der Waals surface area contributed by atoms with Gasteiger partial charge in [0.2, 0.25) is 5.95 Å². The molecule has 1 aliphatic rings. The maximum atomic E-state index is 11.0. The van der Waals surface area contributed by atoms with Gasteiger partial charge in [-0.1, -0.05) is 12.1 Å². The Labute approximate surface area is 194 Å². The van der Waals surface area contributed by atoms with Gasteiger partial charge in [0, 0.05) is 30.4 Å². The van der Waals surface area contributed by atoms with E-state index in [2.05, 4.69) is 19.2 Å². The number of thiophene rings is 1. The van der Waals surface area contributed by atoms with Gasteiger partial charge in [-0.2, -0.15) is 8.42 Å². The minimum Gasteiger partial charge on any atom is -0.378 e. The van der Waals surface area contributed by atoms with Gasteiger partial charge >= 0.3 is 10.5 Å². The Morgan fingerprint density at radius 1 is 1.12 bits per heavy atom. The minimum atomic E-state index is -2.52. The number of fused-ring (bicyclic) bond motifs is 1. The van der Waals surface area contributed by atoms with E-state index in [9.17, 15) is 8.42 Å². The van der Waals surface area contributed by atoms with E-state index >= 15 is 0 Å². The molecule has 0 unspecified atom stereocenters. The molecular weight excluding hydrogens is 462 g/mol. The standard InChI is InChI=1S/C21H19N7O3S2/c1-12-16-18(32-17(12)13-3-2-4-15(9-13)27-33(29)30)20(28-5-7-31-8-6-28)26-19(25-16)14-10-23-21(22)24-11-14/h2-4,9-11H,5-8H2,1H3,(H2,22,23,24). The van der Waals surface area contributed by atoms with E-state index in [4.69, 9.17) is 20.4 Å². The zero-order valence-electron chi connectivity index (χ0n) is 17.6. The quantitative estimate of drug-likeness (QED) is 0.466. The fourth-order valence-electron chi connectivity index (χ4n) is 3.71. The van der Waals surface area contributed by atoms with E-state index in [1.807, 2.05) is 13.0 Å². The highest BCUT2D eigenvalue weighted by atomic mass is 32.2. The van der Waals surface area contributed by atoms with Gasteiger partial charge < -0.3 is 15.4 Å². The van der Waals surface area contributed by atoms with Crippen LogP contribution in [0.3, 0.4) is 0 Å². The molecule has 4 heterocycles. The summed E-state index contributed by atoms with van der Waals surface area (Å²) in [5.41, 5.74) is 9.36. The van der Waals surface area contributed by atoms with Crippen molar-refractivity contribution >= 4 is 49.5 Å². The van der Waals surface area contributed by atoms with Crippen LogP contribution in [0.1, 0.15) is 5.56 Å². The van der Waals surface area contributed by atoms with Crippen molar-refractivity contribution in [1.29, 1.82) is 0 Å². The highest BCUT2D eigenvalue weighted by Gasteiger charge is 2.23. The molecule has 0 spiro atoms. The van der Waals surface area contributed by atoms with Crippen LogP contribution in [0.5, 0.6) is 0 Å². The molecular formula is C21H19N7O3S2. The van der Waals surface area contributed by atoms with Gasteiger partial charge in [0.05, 0.1) is 34.7 Å². The first-order valence-electron chi connectivity index (χ1n) is 10.1. The fraction of sp³-hybridized carbons (Fsp3) is 0.238. The van der Waals surface area contributed by atoms with Gasteiger partial charge in [-0.15, -0.1) is 15.7 Å². The Hall–Kier alpha value is -3.48. The third kappa shape index (κ3) is 4.27. The summed E-state index contributed by atoms with van der Waals surface area (Å²) in [6.07, 6.45) is 3.23. The van der Waals surface area contributed by atoms with Crippen LogP contribution >= 0.6 is 11.3 Å². The van der Waals surface area contributed by atoms with Crippen molar-refractivity contribution in [2.45, 2.75) is 6.92 Å². The molecule has 1 aliphatic heterocycles. The normalized spacial score (nSPS) is 13.9. The molecule has 0 aliphatic carbocycles. The molecule has 168 valence electrons.